The van der Waals surface area contributed by atoms with E-state index in [0.29, 0.717) is 0 Å². The Morgan fingerprint density at radius 3 is 2.70 bits per heavy atom. The van der Waals surface area contributed by atoms with Gasteiger partial charge in [0, 0.05) is 0 Å². The fourth-order valence-electron chi connectivity index (χ4n) is 1.90. The number of allylic oxidation sites excluding steroid dienone is 2. The van der Waals surface area contributed by atoms with Crippen molar-refractivity contribution in [3.8, 4) is 0 Å². The average Bonchev–Trinajstić information content (AvgIpc) is 1.88. The molecule has 0 spiro atoms. The van der Waals surface area contributed by atoms with Gasteiger partial charge >= 0.3 is 0 Å². The van der Waals surface area contributed by atoms with Crippen molar-refractivity contribution in [3.05, 3.63) is 11.6 Å². The first kappa shape index (κ1) is 7.84. The van der Waals surface area contributed by atoms with Gasteiger partial charge in [0.05, 0.1) is 0 Å². The van der Waals surface area contributed by atoms with Gasteiger partial charge in [-0.05, 0) is 31.1 Å². The predicted molar refractivity (Wildman–Crippen MR) is 45.9 cm³/mol. The zero-order valence-corrected chi connectivity index (χ0v) is 7.35. The van der Waals surface area contributed by atoms with Crippen molar-refractivity contribution in [2.45, 2.75) is 40.0 Å². The van der Waals surface area contributed by atoms with Crippen LogP contribution in [0.2, 0.25) is 0 Å². The second-order valence-electron chi connectivity index (χ2n) is 3.61. The Bertz CT molecular complexity index is 133. The third kappa shape index (κ3) is 1.62. The Labute approximate surface area is 64.3 Å². The van der Waals surface area contributed by atoms with E-state index in [9.17, 15) is 0 Å². The summed E-state index contributed by atoms with van der Waals surface area (Å²) in [6, 6.07) is 0. The summed E-state index contributed by atoms with van der Waals surface area (Å²) in [6.07, 6.45) is 6.42. The molecule has 0 bridgehead atoms. The monoisotopic (exact) mass is 138 g/mol. The van der Waals surface area contributed by atoms with Gasteiger partial charge in [-0.2, -0.15) is 0 Å². The van der Waals surface area contributed by atoms with Crippen molar-refractivity contribution in [1.82, 2.24) is 0 Å². The molecule has 0 saturated heterocycles. The van der Waals surface area contributed by atoms with Gasteiger partial charge in [-0.15, -0.1) is 0 Å². The smallest absolute Gasteiger partial charge is 0.0229 e. The summed E-state index contributed by atoms with van der Waals surface area (Å²) in [6.45, 7) is 6.96. The Balaban J connectivity index is 2.57. The molecule has 0 aliphatic heterocycles. The topological polar surface area (TPSA) is 0 Å². The van der Waals surface area contributed by atoms with E-state index in [2.05, 4.69) is 26.8 Å². The zero-order valence-electron chi connectivity index (χ0n) is 7.35. The van der Waals surface area contributed by atoms with Crippen molar-refractivity contribution in [2.24, 2.45) is 11.8 Å². The molecule has 10 heavy (non-hydrogen) atoms. The molecule has 0 heterocycles. The lowest BCUT2D eigenvalue weighted by molar-refractivity contribution is 0.423. The van der Waals surface area contributed by atoms with Crippen LogP contribution in [0.3, 0.4) is 0 Å². The SMILES string of the molecule is CCC1=CCC(C)C[C@H]1C. The highest BCUT2D eigenvalue weighted by Crippen LogP contribution is 2.29. The summed E-state index contributed by atoms with van der Waals surface area (Å²) in [5.41, 5.74) is 1.68. The van der Waals surface area contributed by atoms with Crippen LogP contribution >= 0.6 is 0 Å². The average molecular weight is 138 g/mol. The maximum atomic E-state index is 2.44. The summed E-state index contributed by atoms with van der Waals surface area (Å²) >= 11 is 0. The molecule has 1 aliphatic carbocycles. The lowest BCUT2D eigenvalue weighted by atomic mass is 9.82. The minimum Gasteiger partial charge on any atom is -0.0848 e. The number of rotatable bonds is 1. The van der Waals surface area contributed by atoms with E-state index in [0.717, 1.165) is 11.8 Å². The highest BCUT2D eigenvalue weighted by molar-refractivity contribution is 5.08. The van der Waals surface area contributed by atoms with E-state index in [1.54, 1.807) is 5.57 Å². The first-order valence-corrected chi connectivity index (χ1v) is 4.43. The molecule has 0 N–H and O–H groups in total. The molecule has 0 aromatic heterocycles. The van der Waals surface area contributed by atoms with E-state index in [1.165, 1.54) is 19.3 Å². The third-order valence-corrected chi connectivity index (χ3v) is 2.58. The third-order valence-electron chi connectivity index (χ3n) is 2.58. The van der Waals surface area contributed by atoms with Crippen LogP contribution < -0.4 is 0 Å². The molecule has 0 nitrogen and oxygen atoms in total. The van der Waals surface area contributed by atoms with E-state index < -0.39 is 0 Å². The van der Waals surface area contributed by atoms with Gasteiger partial charge in [0.1, 0.15) is 0 Å². The molecule has 1 aliphatic rings. The van der Waals surface area contributed by atoms with Crippen molar-refractivity contribution in [3.63, 3.8) is 0 Å². The van der Waals surface area contributed by atoms with Gasteiger partial charge in [0.2, 0.25) is 0 Å². The molecular formula is C10H18. The number of hydrogen-bond donors (Lipinski definition) is 0. The Morgan fingerprint density at radius 2 is 2.20 bits per heavy atom. The fraction of sp³-hybridized carbons (Fsp3) is 0.800. The van der Waals surface area contributed by atoms with E-state index >= 15 is 0 Å². The van der Waals surface area contributed by atoms with Gasteiger partial charge in [0.15, 0.2) is 0 Å². The van der Waals surface area contributed by atoms with Crippen molar-refractivity contribution in [1.29, 1.82) is 0 Å². The van der Waals surface area contributed by atoms with Gasteiger partial charge < -0.3 is 0 Å². The zero-order chi connectivity index (χ0) is 7.56. The van der Waals surface area contributed by atoms with Gasteiger partial charge in [0.25, 0.3) is 0 Å². The highest BCUT2D eigenvalue weighted by atomic mass is 14.2. The summed E-state index contributed by atoms with van der Waals surface area (Å²) in [4.78, 5) is 0. The molecule has 0 amide bonds. The Hall–Kier alpha value is -0.260. The quantitative estimate of drug-likeness (QED) is 0.487. The molecule has 2 atom stereocenters. The largest absolute Gasteiger partial charge is 0.0848 e. The van der Waals surface area contributed by atoms with Crippen LogP contribution in [-0.2, 0) is 0 Å². The molecular weight excluding hydrogens is 120 g/mol. The molecule has 0 heteroatoms. The van der Waals surface area contributed by atoms with Crippen LogP contribution in [0.15, 0.2) is 11.6 Å². The maximum Gasteiger partial charge on any atom is -0.0229 e. The van der Waals surface area contributed by atoms with Crippen LogP contribution in [0.5, 0.6) is 0 Å². The van der Waals surface area contributed by atoms with Crippen LogP contribution in [0.1, 0.15) is 40.0 Å². The van der Waals surface area contributed by atoms with Crippen LogP contribution in [0.25, 0.3) is 0 Å². The summed E-state index contributed by atoms with van der Waals surface area (Å²) < 4.78 is 0. The second kappa shape index (κ2) is 3.23. The first-order chi connectivity index (χ1) is 4.74. The minimum absolute atomic E-state index is 0.855. The van der Waals surface area contributed by atoms with Crippen LogP contribution in [0, 0.1) is 11.8 Å². The summed E-state index contributed by atoms with van der Waals surface area (Å²) in [5, 5.41) is 0. The second-order valence-corrected chi connectivity index (χ2v) is 3.61. The van der Waals surface area contributed by atoms with Gasteiger partial charge in [-0.3, -0.25) is 0 Å². The minimum atomic E-state index is 0.855. The Kier molecular flexibility index (Phi) is 2.53. The molecule has 1 rings (SSSR count). The maximum absolute atomic E-state index is 2.44. The molecule has 58 valence electrons. The predicted octanol–water partition coefficient (Wildman–Crippen LogP) is 3.39. The van der Waals surface area contributed by atoms with E-state index in [1.807, 2.05) is 0 Å². The first-order valence-electron chi connectivity index (χ1n) is 4.43. The molecule has 0 aromatic rings. The molecule has 0 saturated carbocycles. The normalized spacial score (nSPS) is 33.7. The van der Waals surface area contributed by atoms with Crippen LogP contribution in [-0.4, -0.2) is 0 Å². The van der Waals surface area contributed by atoms with Gasteiger partial charge in [-0.1, -0.05) is 32.4 Å². The molecule has 0 radical (unpaired) electrons. The molecule has 0 fully saturated rings. The Morgan fingerprint density at radius 1 is 1.50 bits per heavy atom. The summed E-state index contributed by atoms with van der Waals surface area (Å²) in [5.74, 6) is 1.78. The van der Waals surface area contributed by atoms with E-state index in [4.69, 9.17) is 0 Å². The van der Waals surface area contributed by atoms with Gasteiger partial charge in [-0.25, -0.2) is 0 Å². The lowest BCUT2D eigenvalue weighted by Crippen LogP contribution is -2.10. The van der Waals surface area contributed by atoms with Crippen molar-refractivity contribution in [2.75, 3.05) is 0 Å². The standard InChI is InChI=1S/C10H18/c1-4-10-6-5-8(2)7-9(10)3/h6,8-9H,4-5,7H2,1-3H3/t8?,9-/m1/s1. The fourth-order valence-corrected chi connectivity index (χ4v) is 1.90. The number of hydrogen-bond acceptors (Lipinski definition) is 0. The lowest BCUT2D eigenvalue weighted by Gasteiger charge is -2.24. The molecule has 1 unspecified atom stereocenters. The molecule has 0 aromatic carbocycles. The summed E-state index contributed by atoms with van der Waals surface area (Å²) in [7, 11) is 0. The highest BCUT2D eigenvalue weighted by Gasteiger charge is 2.15. The van der Waals surface area contributed by atoms with Crippen molar-refractivity contribution < 1.29 is 0 Å². The van der Waals surface area contributed by atoms with E-state index in [-0.39, 0.29) is 0 Å². The van der Waals surface area contributed by atoms with Crippen LogP contribution in [0.4, 0.5) is 0 Å². The van der Waals surface area contributed by atoms with Crippen molar-refractivity contribution >= 4 is 0 Å².